The maximum absolute atomic E-state index is 13.5. The van der Waals surface area contributed by atoms with Crippen molar-refractivity contribution < 1.29 is 9.50 Å². The lowest BCUT2D eigenvalue weighted by atomic mass is 10.0. The van der Waals surface area contributed by atoms with E-state index in [0.29, 0.717) is 17.8 Å². The summed E-state index contributed by atoms with van der Waals surface area (Å²) in [6.07, 6.45) is 0. The first kappa shape index (κ1) is 16.4. The largest absolute Gasteiger partial charge is 0.507 e. The highest BCUT2D eigenvalue weighted by atomic mass is 19.1. The fraction of sp³-hybridized carbons (Fsp3) is 0.0556. The summed E-state index contributed by atoms with van der Waals surface area (Å²) >= 11 is 0. The molecule has 2 aromatic carbocycles. The number of hydrogen-bond acceptors (Lipinski definition) is 6. The van der Waals surface area contributed by atoms with E-state index >= 15 is 0 Å². The highest BCUT2D eigenvalue weighted by molar-refractivity contribution is 5.76. The molecule has 0 unspecified atom stereocenters. The lowest BCUT2D eigenvalue weighted by Gasteiger charge is -2.10. The van der Waals surface area contributed by atoms with Crippen molar-refractivity contribution in [2.45, 2.75) is 6.54 Å². The molecule has 25 heavy (non-hydrogen) atoms. The third kappa shape index (κ3) is 3.11. The smallest absolute Gasteiger partial charge is 0.166 e. The summed E-state index contributed by atoms with van der Waals surface area (Å²) in [4.78, 5) is 8.36. The van der Waals surface area contributed by atoms with Crippen LogP contribution in [-0.2, 0) is 6.54 Å². The number of hydrogen-bond donors (Lipinski definition) is 3. The zero-order chi connectivity index (χ0) is 18.0. The van der Waals surface area contributed by atoms with Gasteiger partial charge in [-0.25, -0.2) is 14.4 Å². The Bertz CT molecular complexity index is 980. The Balaban J connectivity index is 2.22. The molecule has 0 saturated carbocycles. The topological polar surface area (TPSA) is 122 Å². The SMILES string of the molecule is N#Cc1c(N)nc(-c2cc(F)ccc2O)nc1-c1ccc(CN)cc1. The molecule has 1 heterocycles. The molecule has 3 aromatic rings. The third-order valence-electron chi connectivity index (χ3n) is 3.71. The second-order valence-electron chi connectivity index (χ2n) is 5.33. The van der Waals surface area contributed by atoms with Crippen molar-refractivity contribution in [3.8, 4) is 34.5 Å². The number of benzene rings is 2. The van der Waals surface area contributed by atoms with Crippen LogP contribution in [0.3, 0.4) is 0 Å². The van der Waals surface area contributed by atoms with Crippen molar-refractivity contribution in [2.24, 2.45) is 5.73 Å². The molecule has 0 aliphatic rings. The van der Waals surface area contributed by atoms with Gasteiger partial charge in [0.1, 0.15) is 29.0 Å². The second-order valence-corrected chi connectivity index (χ2v) is 5.33. The maximum atomic E-state index is 13.5. The quantitative estimate of drug-likeness (QED) is 0.676. The van der Waals surface area contributed by atoms with Crippen LogP contribution < -0.4 is 11.5 Å². The molecule has 0 radical (unpaired) electrons. The van der Waals surface area contributed by atoms with Gasteiger partial charge in [0.05, 0.1) is 11.3 Å². The Morgan fingerprint density at radius 2 is 1.84 bits per heavy atom. The number of halogens is 1. The van der Waals surface area contributed by atoms with E-state index in [9.17, 15) is 14.8 Å². The van der Waals surface area contributed by atoms with Gasteiger partial charge in [0.2, 0.25) is 0 Å². The minimum absolute atomic E-state index is 0.0337. The molecule has 3 rings (SSSR count). The Hall–Kier alpha value is -3.50. The van der Waals surface area contributed by atoms with Crippen molar-refractivity contribution in [1.29, 1.82) is 5.26 Å². The molecular formula is C18H14FN5O. The number of aromatic nitrogens is 2. The molecule has 7 heteroatoms. The van der Waals surface area contributed by atoms with Crippen LogP contribution in [0.5, 0.6) is 5.75 Å². The van der Waals surface area contributed by atoms with Gasteiger partial charge >= 0.3 is 0 Å². The van der Waals surface area contributed by atoms with Crippen LogP contribution in [-0.4, -0.2) is 15.1 Å². The van der Waals surface area contributed by atoms with Gasteiger partial charge in [-0.15, -0.1) is 0 Å². The number of phenols is 1. The van der Waals surface area contributed by atoms with Gasteiger partial charge in [-0.05, 0) is 23.8 Å². The number of aromatic hydroxyl groups is 1. The zero-order valence-electron chi connectivity index (χ0n) is 13.1. The molecule has 0 bridgehead atoms. The Morgan fingerprint density at radius 1 is 1.12 bits per heavy atom. The monoisotopic (exact) mass is 335 g/mol. The average molecular weight is 335 g/mol. The average Bonchev–Trinajstić information content (AvgIpc) is 2.63. The summed E-state index contributed by atoms with van der Waals surface area (Å²) in [6, 6.07) is 12.6. The first-order chi connectivity index (χ1) is 12.0. The molecule has 0 aliphatic carbocycles. The molecular weight excluding hydrogens is 321 g/mol. The molecule has 1 aromatic heterocycles. The van der Waals surface area contributed by atoms with Crippen LogP contribution in [0.15, 0.2) is 42.5 Å². The van der Waals surface area contributed by atoms with E-state index in [0.717, 1.165) is 17.7 Å². The summed E-state index contributed by atoms with van der Waals surface area (Å²) < 4.78 is 13.5. The molecule has 0 spiro atoms. The van der Waals surface area contributed by atoms with Crippen LogP contribution in [0.1, 0.15) is 11.1 Å². The standard InChI is InChI=1S/C18H14FN5O/c19-12-5-6-15(25)13(7-12)18-23-16(14(9-21)17(22)24-18)11-3-1-10(8-20)2-4-11/h1-7,25H,8,20H2,(H2,22,23,24). The molecule has 0 aliphatic heterocycles. The number of phenolic OH excluding ortho intramolecular Hbond substituents is 1. The molecule has 0 saturated heterocycles. The molecule has 0 amide bonds. The summed E-state index contributed by atoms with van der Waals surface area (Å²) in [7, 11) is 0. The third-order valence-corrected chi connectivity index (χ3v) is 3.71. The Labute approximate surface area is 143 Å². The summed E-state index contributed by atoms with van der Waals surface area (Å²) in [5, 5.41) is 19.4. The molecule has 124 valence electrons. The fourth-order valence-corrected chi connectivity index (χ4v) is 2.40. The van der Waals surface area contributed by atoms with E-state index < -0.39 is 5.82 Å². The maximum Gasteiger partial charge on any atom is 0.166 e. The lowest BCUT2D eigenvalue weighted by molar-refractivity contribution is 0.475. The van der Waals surface area contributed by atoms with Crippen molar-refractivity contribution in [3.63, 3.8) is 0 Å². The summed E-state index contributed by atoms with van der Waals surface area (Å²) in [6.45, 7) is 0.389. The Morgan fingerprint density at radius 3 is 2.48 bits per heavy atom. The number of nitriles is 1. The molecule has 0 atom stereocenters. The van der Waals surface area contributed by atoms with Crippen molar-refractivity contribution in [3.05, 3.63) is 59.4 Å². The number of anilines is 1. The highest BCUT2D eigenvalue weighted by Crippen LogP contribution is 2.32. The lowest BCUT2D eigenvalue weighted by Crippen LogP contribution is -2.04. The highest BCUT2D eigenvalue weighted by Gasteiger charge is 2.17. The van der Waals surface area contributed by atoms with E-state index in [-0.39, 0.29) is 28.5 Å². The number of nitrogens with two attached hydrogens (primary N) is 2. The molecule has 6 nitrogen and oxygen atoms in total. The zero-order valence-corrected chi connectivity index (χ0v) is 13.1. The van der Waals surface area contributed by atoms with Gasteiger partial charge in [0.15, 0.2) is 5.82 Å². The van der Waals surface area contributed by atoms with Crippen LogP contribution in [0.2, 0.25) is 0 Å². The predicted molar refractivity (Wildman–Crippen MR) is 91.5 cm³/mol. The predicted octanol–water partition coefficient (Wildman–Crippen LogP) is 2.57. The van der Waals surface area contributed by atoms with E-state index in [2.05, 4.69) is 9.97 Å². The first-order valence-electron chi connectivity index (χ1n) is 7.39. The van der Waals surface area contributed by atoms with Crippen molar-refractivity contribution in [2.75, 3.05) is 5.73 Å². The van der Waals surface area contributed by atoms with Gasteiger partial charge < -0.3 is 16.6 Å². The van der Waals surface area contributed by atoms with Gasteiger partial charge in [0, 0.05) is 12.1 Å². The summed E-state index contributed by atoms with van der Waals surface area (Å²) in [5.41, 5.74) is 13.5. The minimum atomic E-state index is -0.548. The van der Waals surface area contributed by atoms with Crippen LogP contribution >= 0.6 is 0 Å². The van der Waals surface area contributed by atoms with Gasteiger partial charge in [-0.1, -0.05) is 24.3 Å². The first-order valence-corrected chi connectivity index (χ1v) is 7.39. The van der Waals surface area contributed by atoms with E-state index in [1.165, 1.54) is 6.07 Å². The summed E-state index contributed by atoms with van der Waals surface area (Å²) in [5.74, 6) is -0.747. The van der Waals surface area contributed by atoms with E-state index in [1.54, 1.807) is 12.1 Å². The van der Waals surface area contributed by atoms with Crippen molar-refractivity contribution >= 4 is 5.82 Å². The number of nitrogens with zero attached hydrogens (tertiary/aromatic N) is 3. The molecule has 5 N–H and O–H groups in total. The Kier molecular flexibility index (Phi) is 4.29. The van der Waals surface area contributed by atoms with E-state index in [4.69, 9.17) is 11.5 Å². The number of nitrogen functional groups attached to an aromatic ring is 1. The second kappa shape index (κ2) is 6.55. The normalized spacial score (nSPS) is 10.4. The molecule has 0 fully saturated rings. The minimum Gasteiger partial charge on any atom is -0.507 e. The van der Waals surface area contributed by atoms with Gasteiger partial charge in [0.25, 0.3) is 0 Å². The van der Waals surface area contributed by atoms with Crippen molar-refractivity contribution in [1.82, 2.24) is 9.97 Å². The van der Waals surface area contributed by atoms with Crippen LogP contribution in [0.4, 0.5) is 10.2 Å². The van der Waals surface area contributed by atoms with E-state index in [1.807, 2.05) is 18.2 Å². The van der Waals surface area contributed by atoms with Gasteiger partial charge in [-0.2, -0.15) is 5.26 Å². The number of rotatable bonds is 3. The van der Waals surface area contributed by atoms with Gasteiger partial charge in [-0.3, -0.25) is 0 Å². The fourth-order valence-electron chi connectivity index (χ4n) is 2.40. The van der Waals surface area contributed by atoms with Crippen LogP contribution in [0.25, 0.3) is 22.6 Å². The van der Waals surface area contributed by atoms with Crippen LogP contribution in [0, 0.1) is 17.1 Å².